The van der Waals surface area contributed by atoms with Crippen LogP contribution in [0.1, 0.15) is 19.3 Å². The number of halogens is 3. The summed E-state index contributed by atoms with van der Waals surface area (Å²) in [6, 6.07) is 8.32. The Bertz CT molecular complexity index is 426. The maximum Gasteiger partial charge on any atom is 0.389 e. The molecule has 3 N–H and O–H groups in total. The number of hydrogen-bond donors (Lipinski definition) is 2. The van der Waals surface area contributed by atoms with Gasteiger partial charge in [-0.25, -0.2) is 0 Å². The van der Waals surface area contributed by atoms with E-state index in [9.17, 15) is 18.0 Å². The van der Waals surface area contributed by atoms with E-state index < -0.39 is 18.6 Å². The molecule has 0 radical (unpaired) electrons. The van der Waals surface area contributed by atoms with Gasteiger partial charge >= 0.3 is 6.18 Å². The highest BCUT2D eigenvalue weighted by Gasteiger charge is 2.25. The van der Waals surface area contributed by atoms with E-state index in [4.69, 9.17) is 5.73 Å². The summed E-state index contributed by atoms with van der Waals surface area (Å²) in [4.78, 5) is 11.8. The Hall–Kier alpha value is -1.21. The van der Waals surface area contributed by atoms with Crippen LogP contribution in [0.4, 0.5) is 18.9 Å². The predicted molar refractivity (Wildman–Crippen MR) is 80.3 cm³/mol. The SMILES string of the molecule is NC(CCSCCCC(F)(F)F)C(=O)Nc1ccccc1. The number of amides is 1. The second-order valence-electron chi connectivity index (χ2n) is 4.58. The van der Waals surface area contributed by atoms with Gasteiger partial charge in [-0.1, -0.05) is 18.2 Å². The van der Waals surface area contributed by atoms with Crippen molar-refractivity contribution >= 4 is 23.4 Å². The molecule has 0 fully saturated rings. The van der Waals surface area contributed by atoms with Crippen molar-refractivity contribution < 1.29 is 18.0 Å². The van der Waals surface area contributed by atoms with Crippen LogP contribution in [0.15, 0.2) is 30.3 Å². The summed E-state index contributed by atoms with van der Waals surface area (Å²) >= 11 is 1.39. The van der Waals surface area contributed by atoms with E-state index in [2.05, 4.69) is 5.32 Å². The number of nitrogens with two attached hydrogens (primary N) is 1. The van der Waals surface area contributed by atoms with Crippen LogP contribution in [-0.4, -0.2) is 29.6 Å². The standard InChI is InChI=1S/C14H19F3N2OS/c15-14(16,17)8-4-9-21-10-7-12(18)13(20)19-11-5-2-1-3-6-11/h1-3,5-6,12H,4,7-10,18H2,(H,19,20). The van der Waals surface area contributed by atoms with E-state index in [0.717, 1.165) is 0 Å². The molecular formula is C14H19F3N2OS. The van der Waals surface area contributed by atoms with E-state index >= 15 is 0 Å². The predicted octanol–water partition coefficient (Wildman–Crippen LogP) is 3.42. The van der Waals surface area contributed by atoms with Crippen LogP contribution in [0, 0.1) is 0 Å². The van der Waals surface area contributed by atoms with Crippen LogP contribution in [-0.2, 0) is 4.79 Å². The van der Waals surface area contributed by atoms with Crippen LogP contribution >= 0.6 is 11.8 Å². The first-order valence-electron chi connectivity index (χ1n) is 6.64. The number of carbonyl (C=O) groups excluding carboxylic acids is 1. The number of anilines is 1. The number of alkyl halides is 3. The zero-order chi connectivity index (χ0) is 15.7. The lowest BCUT2D eigenvalue weighted by Gasteiger charge is -2.12. The number of hydrogen-bond acceptors (Lipinski definition) is 3. The van der Waals surface area contributed by atoms with Crippen LogP contribution in [0.3, 0.4) is 0 Å². The van der Waals surface area contributed by atoms with Crippen molar-refractivity contribution in [2.75, 3.05) is 16.8 Å². The van der Waals surface area contributed by atoms with Gasteiger partial charge < -0.3 is 11.1 Å². The normalized spacial score (nSPS) is 13.0. The summed E-state index contributed by atoms with van der Waals surface area (Å²) in [7, 11) is 0. The van der Waals surface area contributed by atoms with E-state index in [1.165, 1.54) is 11.8 Å². The fourth-order valence-electron chi connectivity index (χ4n) is 1.57. The largest absolute Gasteiger partial charge is 0.389 e. The third-order valence-electron chi connectivity index (χ3n) is 2.70. The van der Waals surface area contributed by atoms with Gasteiger partial charge in [-0.05, 0) is 36.5 Å². The smallest absolute Gasteiger partial charge is 0.325 e. The average molecular weight is 320 g/mol. The molecule has 1 atom stereocenters. The molecule has 0 aliphatic rings. The fraction of sp³-hybridized carbons (Fsp3) is 0.500. The van der Waals surface area contributed by atoms with E-state index in [1.54, 1.807) is 24.3 Å². The van der Waals surface area contributed by atoms with Gasteiger partial charge in [0, 0.05) is 12.1 Å². The highest BCUT2D eigenvalue weighted by Crippen LogP contribution is 2.22. The number of rotatable bonds is 8. The van der Waals surface area contributed by atoms with Gasteiger partial charge in [-0.15, -0.1) is 0 Å². The van der Waals surface area contributed by atoms with Crippen molar-refractivity contribution in [1.29, 1.82) is 0 Å². The quantitative estimate of drug-likeness (QED) is 0.722. The fourth-order valence-corrected chi connectivity index (χ4v) is 2.55. The lowest BCUT2D eigenvalue weighted by molar-refractivity contribution is -0.134. The van der Waals surface area contributed by atoms with Gasteiger partial charge in [0.15, 0.2) is 0 Å². The Morgan fingerprint density at radius 2 is 1.90 bits per heavy atom. The molecule has 3 nitrogen and oxygen atoms in total. The zero-order valence-electron chi connectivity index (χ0n) is 11.5. The Morgan fingerprint density at radius 3 is 2.52 bits per heavy atom. The van der Waals surface area contributed by atoms with Gasteiger partial charge in [0.05, 0.1) is 6.04 Å². The molecule has 1 amide bonds. The lowest BCUT2D eigenvalue weighted by atomic mass is 10.2. The van der Waals surface area contributed by atoms with Crippen molar-refractivity contribution in [3.8, 4) is 0 Å². The van der Waals surface area contributed by atoms with Crippen molar-refractivity contribution in [3.63, 3.8) is 0 Å². The van der Waals surface area contributed by atoms with Crippen molar-refractivity contribution in [3.05, 3.63) is 30.3 Å². The van der Waals surface area contributed by atoms with Crippen LogP contribution in [0.25, 0.3) is 0 Å². The molecule has 21 heavy (non-hydrogen) atoms. The minimum atomic E-state index is -4.09. The monoisotopic (exact) mass is 320 g/mol. The van der Waals surface area contributed by atoms with Crippen LogP contribution in [0.2, 0.25) is 0 Å². The van der Waals surface area contributed by atoms with Crippen molar-refractivity contribution in [2.45, 2.75) is 31.5 Å². The summed E-state index contributed by atoms with van der Waals surface area (Å²) in [6.07, 6.45) is -4.32. The Balaban J connectivity index is 2.13. The Labute approximate surface area is 126 Å². The van der Waals surface area contributed by atoms with Gasteiger partial charge in [-0.2, -0.15) is 24.9 Å². The topological polar surface area (TPSA) is 55.1 Å². The van der Waals surface area contributed by atoms with Gasteiger partial charge in [0.25, 0.3) is 0 Å². The molecule has 0 aliphatic carbocycles. The van der Waals surface area contributed by atoms with Crippen molar-refractivity contribution in [2.24, 2.45) is 5.73 Å². The summed E-state index contributed by atoms with van der Waals surface area (Å²) in [6.45, 7) is 0. The summed E-state index contributed by atoms with van der Waals surface area (Å²) in [5, 5.41) is 2.69. The maximum absolute atomic E-state index is 11.9. The number of nitrogens with one attached hydrogen (secondary N) is 1. The summed E-state index contributed by atoms with van der Waals surface area (Å²) < 4.78 is 35.8. The molecule has 0 saturated carbocycles. The maximum atomic E-state index is 11.9. The van der Waals surface area contributed by atoms with Gasteiger partial charge in [0.1, 0.15) is 0 Å². The minimum Gasteiger partial charge on any atom is -0.325 e. The zero-order valence-corrected chi connectivity index (χ0v) is 12.3. The molecule has 1 unspecified atom stereocenters. The molecule has 1 aromatic carbocycles. The molecule has 1 aromatic rings. The molecule has 0 saturated heterocycles. The average Bonchev–Trinajstić information content (AvgIpc) is 2.42. The lowest BCUT2D eigenvalue weighted by Crippen LogP contribution is -2.36. The van der Waals surface area contributed by atoms with Gasteiger partial charge in [0.2, 0.25) is 5.91 Å². The first kappa shape index (κ1) is 17.8. The number of thioether (sulfide) groups is 1. The van der Waals surface area contributed by atoms with Gasteiger partial charge in [-0.3, -0.25) is 4.79 Å². The third kappa shape index (κ3) is 8.62. The van der Waals surface area contributed by atoms with E-state index in [-0.39, 0.29) is 12.3 Å². The van der Waals surface area contributed by atoms with E-state index in [1.807, 2.05) is 6.07 Å². The van der Waals surface area contributed by atoms with Crippen molar-refractivity contribution in [1.82, 2.24) is 0 Å². The summed E-state index contributed by atoms with van der Waals surface area (Å²) in [5.74, 6) is 0.713. The number of carbonyl (C=O) groups is 1. The second kappa shape index (κ2) is 8.94. The Morgan fingerprint density at radius 1 is 1.24 bits per heavy atom. The highest BCUT2D eigenvalue weighted by atomic mass is 32.2. The number of benzene rings is 1. The molecule has 0 bridgehead atoms. The molecule has 1 rings (SSSR count). The molecular weight excluding hydrogens is 301 g/mol. The van der Waals surface area contributed by atoms with Crippen LogP contribution < -0.4 is 11.1 Å². The highest BCUT2D eigenvalue weighted by molar-refractivity contribution is 7.99. The second-order valence-corrected chi connectivity index (χ2v) is 5.81. The third-order valence-corrected chi connectivity index (χ3v) is 3.80. The molecule has 0 aromatic heterocycles. The van der Waals surface area contributed by atoms with E-state index in [0.29, 0.717) is 23.6 Å². The molecule has 0 aliphatic heterocycles. The molecule has 118 valence electrons. The first-order chi connectivity index (χ1) is 9.88. The molecule has 7 heteroatoms. The molecule has 0 spiro atoms. The number of para-hydroxylation sites is 1. The first-order valence-corrected chi connectivity index (χ1v) is 7.80. The van der Waals surface area contributed by atoms with Crippen LogP contribution in [0.5, 0.6) is 0 Å². The minimum absolute atomic E-state index is 0.0968. The Kier molecular flexibility index (Phi) is 7.60. The molecule has 0 heterocycles. The summed E-state index contributed by atoms with van der Waals surface area (Å²) in [5.41, 5.74) is 6.42.